The zero-order valence-electron chi connectivity index (χ0n) is 16.2. The van der Waals surface area contributed by atoms with E-state index >= 15 is 0 Å². The summed E-state index contributed by atoms with van der Waals surface area (Å²) >= 11 is 0. The number of guanidine groups is 1. The van der Waals surface area contributed by atoms with E-state index < -0.39 is 5.54 Å². The second kappa shape index (κ2) is 7.72. The van der Waals surface area contributed by atoms with Gasteiger partial charge in [0.1, 0.15) is 6.61 Å². The highest BCUT2D eigenvalue weighted by atomic mass is 16.5. The van der Waals surface area contributed by atoms with Crippen molar-refractivity contribution >= 4 is 11.9 Å². The van der Waals surface area contributed by atoms with Gasteiger partial charge in [0.2, 0.25) is 0 Å². The molecule has 2 atom stereocenters. The van der Waals surface area contributed by atoms with Crippen molar-refractivity contribution in [1.82, 2.24) is 4.90 Å². The van der Waals surface area contributed by atoms with Gasteiger partial charge in [-0.25, -0.2) is 4.99 Å². The molecule has 1 fully saturated rings. The molecule has 0 spiro atoms. The summed E-state index contributed by atoms with van der Waals surface area (Å²) in [7, 11) is 3.33. The van der Waals surface area contributed by atoms with E-state index in [1.807, 2.05) is 6.08 Å². The molecule has 1 aliphatic heterocycles. The second-order valence-electron chi connectivity index (χ2n) is 7.88. The molecule has 1 saturated carbocycles. The number of carbonyl (C=O) groups excluding carboxylic acids is 1. The summed E-state index contributed by atoms with van der Waals surface area (Å²) in [6.07, 6.45) is 11.8. The van der Waals surface area contributed by atoms with Crippen LogP contribution in [-0.2, 0) is 14.3 Å². The molecule has 6 heteroatoms. The number of hydrogen-bond acceptors (Lipinski definition) is 5. The molecular formula is C20H31N3O3. The first kappa shape index (κ1) is 18.8. The molecule has 1 amide bonds. The van der Waals surface area contributed by atoms with Crippen molar-refractivity contribution in [1.29, 1.82) is 0 Å². The number of allylic oxidation sites excluding steroid dienone is 2. The lowest BCUT2D eigenvalue weighted by Crippen LogP contribution is -2.46. The highest BCUT2D eigenvalue weighted by Crippen LogP contribution is 2.37. The molecule has 1 heterocycles. The summed E-state index contributed by atoms with van der Waals surface area (Å²) < 4.78 is 11.5. The molecule has 0 bridgehead atoms. The fourth-order valence-corrected chi connectivity index (χ4v) is 4.22. The van der Waals surface area contributed by atoms with E-state index in [9.17, 15) is 4.79 Å². The van der Waals surface area contributed by atoms with Crippen LogP contribution in [0.1, 0.15) is 51.9 Å². The molecule has 3 rings (SSSR count). The molecule has 2 N–H and O–H groups in total. The number of likely N-dealkylation sites (N-methyl/N-ethyl adjacent to an activating group) is 1. The monoisotopic (exact) mass is 361 g/mol. The van der Waals surface area contributed by atoms with E-state index in [2.05, 4.69) is 18.0 Å². The van der Waals surface area contributed by atoms with Crippen LogP contribution in [0.15, 0.2) is 28.7 Å². The number of rotatable bonds is 6. The first-order valence-corrected chi connectivity index (χ1v) is 9.68. The van der Waals surface area contributed by atoms with E-state index in [0.717, 1.165) is 25.0 Å². The third kappa shape index (κ3) is 3.74. The van der Waals surface area contributed by atoms with Crippen LogP contribution >= 0.6 is 0 Å². The number of methoxy groups -OCH3 is 1. The topological polar surface area (TPSA) is 77.2 Å². The quantitative estimate of drug-likeness (QED) is 0.789. The first-order valence-electron chi connectivity index (χ1n) is 9.68. The van der Waals surface area contributed by atoms with Gasteiger partial charge in [0, 0.05) is 7.05 Å². The smallest absolute Gasteiger partial charge is 0.260 e. The van der Waals surface area contributed by atoms with Crippen LogP contribution in [0, 0.1) is 11.8 Å². The second-order valence-corrected chi connectivity index (χ2v) is 7.88. The Labute approximate surface area is 156 Å². The van der Waals surface area contributed by atoms with Crippen molar-refractivity contribution in [2.45, 2.75) is 57.4 Å². The fourth-order valence-electron chi connectivity index (χ4n) is 4.22. The number of hydrogen-bond donors (Lipinski definition) is 1. The summed E-state index contributed by atoms with van der Waals surface area (Å²) in [6.45, 7) is 2.33. The number of aliphatic imine (C=N–C) groups is 1. The van der Waals surface area contributed by atoms with Crippen molar-refractivity contribution in [3.05, 3.63) is 23.7 Å². The molecule has 0 aromatic carbocycles. The van der Waals surface area contributed by atoms with Gasteiger partial charge in [0.05, 0.1) is 7.11 Å². The third-order valence-electron chi connectivity index (χ3n) is 5.77. The van der Waals surface area contributed by atoms with Crippen LogP contribution in [0.5, 0.6) is 0 Å². The number of carbonyl (C=O) groups is 1. The standard InChI is InChI=1S/C20H31N3O3/c1-14-9-10-16(25-3)17(11-14)26-13-20(12-15-7-5-4-6-8-15)18(24)23(2)19(21)22-20/h10-11,14-15H,4-9,12-13H2,1-3H3,(H2,21,22). The number of ether oxygens (including phenoxy) is 2. The van der Waals surface area contributed by atoms with E-state index in [-0.39, 0.29) is 18.5 Å². The largest absolute Gasteiger partial charge is 0.493 e. The van der Waals surface area contributed by atoms with Gasteiger partial charge in [-0.1, -0.05) is 39.0 Å². The predicted molar refractivity (Wildman–Crippen MR) is 101 cm³/mol. The zero-order chi connectivity index (χ0) is 18.7. The molecule has 3 aliphatic rings. The Kier molecular flexibility index (Phi) is 5.58. The van der Waals surface area contributed by atoms with Crippen LogP contribution in [0.2, 0.25) is 0 Å². The van der Waals surface area contributed by atoms with E-state index in [1.165, 1.54) is 24.2 Å². The minimum Gasteiger partial charge on any atom is -0.493 e. The molecule has 2 aliphatic carbocycles. The number of nitrogens with two attached hydrogens (primary N) is 1. The van der Waals surface area contributed by atoms with E-state index in [0.29, 0.717) is 24.0 Å². The van der Waals surface area contributed by atoms with E-state index in [4.69, 9.17) is 15.2 Å². The Morgan fingerprint density at radius 2 is 2.04 bits per heavy atom. The maximum absolute atomic E-state index is 13.0. The van der Waals surface area contributed by atoms with Crippen LogP contribution in [-0.4, -0.2) is 43.1 Å². The van der Waals surface area contributed by atoms with Crippen LogP contribution in [0.3, 0.4) is 0 Å². The van der Waals surface area contributed by atoms with Gasteiger partial charge in [0.15, 0.2) is 23.0 Å². The Morgan fingerprint density at radius 1 is 1.31 bits per heavy atom. The van der Waals surface area contributed by atoms with Crippen molar-refractivity contribution in [3.8, 4) is 0 Å². The summed E-state index contributed by atoms with van der Waals surface area (Å²) in [5, 5.41) is 0. The molecule has 0 radical (unpaired) electrons. The summed E-state index contributed by atoms with van der Waals surface area (Å²) in [5.41, 5.74) is 5.07. The lowest BCUT2D eigenvalue weighted by atomic mass is 9.79. The molecule has 2 unspecified atom stereocenters. The molecule has 144 valence electrons. The Morgan fingerprint density at radius 3 is 2.65 bits per heavy atom. The molecule has 6 nitrogen and oxygen atoms in total. The highest BCUT2D eigenvalue weighted by Gasteiger charge is 2.48. The predicted octanol–water partition coefficient (Wildman–Crippen LogP) is 2.95. The molecule has 0 aromatic rings. The maximum atomic E-state index is 13.0. The Hall–Kier alpha value is -1.98. The minimum absolute atomic E-state index is 0.0621. The SMILES string of the molecule is COC1=CCC(C)C=C1OCC1(CC2CCCCC2)N=C(N)N(C)C1=O. The van der Waals surface area contributed by atoms with Crippen LogP contribution in [0.4, 0.5) is 0 Å². The van der Waals surface area contributed by atoms with Crippen LogP contribution < -0.4 is 5.73 Å². The summed E-state index contributed by atoms with van der Waals surface area (Å²) in [5.74, 6) is 2.53. The molecule has 0 saturated heterocycles. The normalized spacial score (nSPS) is 30.0. The van der Waals surface area contributed by atoms with Gasteiger partial charge < -0.3 is 15.2 Å². The van der Waals surface area contributed by atoms with Gasteiger partial charge >= 0.3 is 0 Å². The molecule has 26 heavy (non-hydrogen) atoms. The molecular weight excluding hydrogens is 330 g/mol. The Balaban J connectivity index is 1.78. The summed E-state index contributed by atoms with van der Waals surface area (Å²) in [4.78, 5) is 19.0. The van der Waals surface area contributed by atoms with Gasteiger partial charge in [-0.2, -0.15) is 0 Å². The minimum atomic E-state index is -0.915. The average molecular weight is 361 g/mol. The van der Waals surface area contributed by atoms with Gasteiger partial charge in [0.25, 0.3) is 5.91 Å². The summed E-state index contributed by atoms with van der Waals surface area (Å²) in [6, 6.07) is 0. The number of nitrogens with zero attached hydrogens (tertiary/aromatic N) is 2. The molecule has 0 aromatic heterocycles. The zero-order valence-corrected chi connectivity index (χ0v) is 16.2. The Bertz CT molecular complexity index is 634. The van der Waals surface area contributed by atoms with Gasteiger partial charge in [-0.05, 0) is 36.8 Å². The maximum Gasteiger partial charge on any atom is 0.260 e. The lowest BCUT2D eigenvalue weighted by molar-refractivity contribution is -0.132. The highest BCUT2D eigenvalue weighted by molar-refractivity contribution is 6.06. The van der Waals surface area contributed by atoms with E-state index in [1.54, 1.807) is 14.2 Å². The van der Waals surface area contributed by atoms with Crippen molar-refractivity contribution in [2.24, 2.45) is 22.6 Å². The first-order chi connectivity index (χ1) is 12.4. The third-order valence-corrected chi connectivity index (χ3v) is 5.77. The number of amides is 1. The van der Waals surface area contributed by atoms with Crippen molar-refractivity contribution < 1.29 is 14.3 Å². The van der Waals surface area contributed by atoms with Gasteiger partial charge in [-0.15, -0.1) is 0 Å². The van der Waals surface area contributed by atoms with Crippen molar-refractivity contribution in [3.63, 3.8) is 0 Å². The average Bonchev–Trinajstić information content (AvgIpc) is 2.85. The lowest BCUT2D eigenvalue weighted by Gasteiger charge is -2.32. The van der Waals surface area contributed by atoms with Crippen molar-refractivity contribution in [2.75, 3.05) is 20.8 Å². The van der Waals surface area contributed by atoms with Gasteiger partial charge in [-0.3, -0.25) is 9.69 Å². The van der Waals surface area contributed by atoms with Crippen LogP contribution in [0.25, 0.3) is 0 Å². The fraction of sp³-hybridized carbons (Fsp3) is 0.700.